The van der Waals surface area contributed by atoms with Crippen molar-refractivity contribution in [1.82, 2.24) is 9.78 Å². The lowest BCUT2D eigenvalue weighted by atomic mass is 9.96. The number of aromatic nitrogens is 2. The summed E-state index contributed by atoms with van der Waals surface area (Å²) in [7, 11) is 0. The lowest BCUT2D eigenvalue weighted by molar-refractivity contribution is -0.115. The summed E-state index contributed by atoms with van der Waals surface area (Å²) in [5.41, 5.74) is 0.874. The molecule has 116 valence electrons. The predicted molar refractivity (Wildman–Crippen MR) is 84.8 cm³/mol. The number of amides is 1. The minimum absolute atomic E-state index is 0.0664. The van der Waals surface area contributed by atoms with Gasteiger partial charge in [-0.05, 0) is 30.5 Å². The molecule has 5 heteroatoms. The van der Waals surface area contributed by atoms with Crippen molar-refractivity contribution in [2.24, 2.45) is 0 Å². The molecular formula is C17H21N3O2. The second kappa shape index (κ2) is 6.64. The zero-order chi connectivity index (χ0) is 15.4. The summed E-state index contributed by atoms with van der Waals surface area (Å²) in [5.74, 6) is 0.915. The number of hydrogen-bond donors (Lipinski definition) is 2. The highest BCUT2D eigenvalue weighted by atomic mass is 16.3. The van der Waals surface area contributed by atoms with Gasteiger partial charge in [-0.2, -0.15) is 5.10 Å². The van der Waals surface area contributed by atoms with Crippen LogP contribution in [0.15, 0.2) is 36.5 Å². The van der Waals surface area contributed by atoms with Gasteiger partial charge in [0.25, 0.3) is 0 Å². The van der Waals surface area contributed by atoms with Gasteiger partial charge in [0.1, 0.15) is 11.6 Å². The van der Waals surface area contributed by atoms with Crippen molar-refractivity contribution in [2.45, 2.75) is 44.6 Å². The molecule has 1 fully saturated rings. The van der Waals surface area contributed by atoms with E-state index >= 15 is 0 Å². The quantitative estimate of drug-likeness (QED) is 0.910. The molecule has 3 rings (SSSR count). The number of carbonyl (C=O) groups excluding carboxylic acids is 1. The SMILES string of the molecule is O=C(Cc1ccc(O)cc1)Nc1ccnn1C1CCCCC1. The second-order valence-corrected chi connectivity index (χ2v) is 5.84. The number of nitrogens with zero attached hydrogens (tertiary/aromatic N) is 2. The Balaban J connectivity index is 1.64. The van der Waals surface area contributed by atoms with E-state index in [0.29, 0.717) is 6.04 Å². The Morgan fingerprint density at radius 2 is 1.91 bits per heavy atom. The number of rotatable bonds is 4. The van der Waals surface area contributed by atoms with Crippen LogP contribution in [-0.2, 0) is 11.2 Å². The molecule has 0 bridgehead atoms. The van der Waals surface area contributed by atoms with Crippen LogP contribution < -0.4 is 5.32 Å². The summed E-state index contributed by atoms with van der Waals surface area (Å²) in [4.78, 5) is 12.2. The molecule has 1 heterocycles. The normalized spacial score (nSPS) is 15.6. The van der Waals surface area contributed by atoms with Crippen molar-refractivity contribution >= 4 is 11.7 Å². The maximum atomic E-state index is 12.2. The third-order valence-electron chi connectivity index (χ3n) is 4.16. The molecule has 1 aromatic carbocycles. The van der Waals surface area contributed by atoms with Crippen LogP contribution in [0, 0.1) is 0 Å². The minimum atomic E-state index is -0.0664. The molecule has 1 aliphatic rings. The maximum Gasteiger partial charge on any atom is 0.229 e. The minimum Gasteiger partial charge on any atom is -0.508 e. The molecule has 1 aliphatic carbocycles. The number of benzene rings is 1. The zero-order valence-electron chi connectivity index (χ0n) is 12.5. The molecule has 0 spiro atoms. The Hall–Kier alpha value is -2.30. The van der Waals surface area contributed by atoms with Gasteiger partial charge in [0.2, 0.25) is 5.91 Å². The number of hydrogen-bond acceptors (Lipinski definition) is 3. The molecule has 5 nitrogen and oxygen atoms in total. The standard InChI is InChI=1S/C17H21N3O2/c21-15-8-6-13(7-9-15)12-17(22)19-16-10-11-18-20(16)14-4-2-1-3-5-14/h6-11,14,21H,1-5,12H2,(H,19,22). The van der Waals surface area contributed by atoms with E-state index in [1.165, 1.54) is 19.3 Å². The summed E-state index contributed by atoms with van der Waals surface area (Å²) in [6.07, 6.45) is 8.03. The van der Waals surface area contributed by atoms with Gasteiger partial charge in [-0.25, -0.2) is 4.68 Å². The van der Waals surface area contributed by atoms with E-state index in [1.807, 2.05) is 10.7 Å². The summed E-state index contributed by atoms with van der Waals surface area (Å²) >= 11 is 0. The van der Waals surface area contributed by atoms with Crippen LogP contribution in [0.2, 0.25) is 0 Å². The maximum absolute atomic E-state index is 12.2. The fraction of sp³-hybridized carbons (Fsp3) is 0.412. The first-order valence-corrected chi connectivity index (χ1v) is 7.83. The summed E-state index contributed by atoms with van der Waals surface area (Å²) in [5, 5.41) is 16.6. The van der Waals surface area contributed by atoms with Crippen molar-refractivity contribution in [2.75, 3.05) is 5.32 Å². The predicted octanol–water partition coefficient (Wildman–Crippen LogP) is 3.28. The van der Waals surface area contributed by atoms with Crippen LogP contribution in [-0.4, -0.2) is 20.8 Å². The van der Waals surface area contributed by atoms with E-state index in [0.717, 1.165) is 24.2 Å². The number of carbonyl (C=O) groups is 1. The van der Waals surface area contributed by atoms with Gasteiger partial charge in [-0.15, -0.1) is 0 Å². The van der Waals surface area contributed by atoms with Gasteiger partial charge in [0.05, 0.1) is 18.7 Å². The fourth-order valence-corrected chi connectivity index (χ4v) is 3.02. The molecule has 0 atom stereocenters. The molecule has 1 aromatic heterocycles. The largest absolute Gasteiger partial charge is 0.508 e. The van der Waals surface area contributed by atoms with E-state index in [-0.39, 0.29) is 18.1 Å². The van der Waals surface area contributed by atoms with Crippen LogP contribution in [0.25, 0.3) is 0 Å². The molecule has 1 saturated carbocycles. The average Bonchev–Trinajstić information content (AvgIpc) is 2.98. The second-order valence-electron chi connectivity index (χ2n) is 5.84. The van der Waals surface area contributed by atoms with Crippen LogP contribution in [0.1, 0.15) is 43.7 Å². The van der Waals surface area contributed by atoms with Crippen molar-refractivity contribution in [1.29, 1.82) is 0 Å². The van der Waals surface area contributed by atoms with Gasteiger partial charge in [-0.1, -0.05) is 31.4 Å². The third kappa shape index (κ3) is 3.47. The van der Waals surface area contributed by atoms with Crippen LogP contribution in [0.3, 0.4) is 0 Å². The van der Waals surface area contributed by atoms with Gasteiger partial charge in [0, 0.05) is 6.07 Å². The molecule has 2 aromatic rings. The number of anilines is 1. The third-order valence-corrected chi connectivity index (χ3v) is 4.16. The average molecular weight is 299 g/mol. The first-order valence-electron chi connectivity index (χ1n) is 7.83. The van der Waals surface area contributed by atoms with Crippen LogP contribution >= 0.6 is 0 Å². The Bertz CT molecular complexity index is 628. The van der Waals surface area contributed by atoms with Crippen molar-refractivity contribution in [3.8, 4) is 5.75 Å². The number of phenols is 1. The smallest absolute Gasteiger partial charge is 0.229 e. The summed E-state index contributed by atoms with van der Waals surface area (Å²) in [6, 6.07) is 8.95. The molecule has 0 unspecified atom stereocenters. The molecule has 22 heavy (non-hydrogen) atoms. The van der Waals surface area contributed by atoms with Gasteiger partial charge < -0.3 is 10.4 Å². The molecule has 1 amide bonds. The zero-order valence-corrected chi connectivity index (χ0v) is 12.5. The fourth-order valence-electron chi connectivity index (χ4n) is 3.02. The van der Waals surface area contributed by atoms with E-state index < -0.39 is 0 Å². The Morgan fingerprint density at radius 1 is 1.18 bits per heavy atom. The van der Waals surface area contributed by atoms with E-state index in [9.17, 15) is 9.90 Å². The molecule has 0 aliphatic heterocycles. The monoisotopic (exact) mass is 299 g/mol. The summed E-state index contributed by atoms with van der Waals surface area (Å²) in [6.45, 7) is 0. The topological polar surface area (TPSA) is 67.2 Å². The number of aromatic hydroxyl groups is 1. The Kier molecular flexibility index (Phi) is 4.42. The first-order chi connectivity index (χ1) is 10.7. The van der Waals surface area contributed by atoms with E-state index in [4.69, 9.17) is 0 Å². The van der Waals surface area contributed by atoms with Crippen LogP contribution in [0.4, 0.5) is 5.82 Å². The molecular weight excluding hydrogens is 278 g/mol. The first kappa shape index (κ1) is 14.6. The van der Waals surface area contributed by atoms with Gasteiger partial charge in [0.15, 0.2) is 0 Å². The van der Waals surface area contributed by atoms with Gasteiger partial charge >= 0.3 is 0 Å². The molecule has 0 saturated heterocycles. The van der Waals surface area contributed by atoms with Gasteiger partial charge in [-0.3, -0.25) is 4.79 Å². The number of phenolic OH excluding ortho intramolecular Hbond substituents is 1. The lowest BCUT2D eigenvalue weighted by Gasteiger charge is -2.23. The van der Waals surface area contributed by atoms with E-state index in [1.54, 1.807) is 30.5 Å². The van der Waals surface area contributed by atoms with Crippen molar-refractivity contribution < 1.29 is 9.90 Å². The highest BCUT2D eigenvalue weighted by molar-refractivity contribution is 5.91. The molecule has 2 N–H and O–H groups in total. The Labute approximate surface area is 130 Å². The summed E-state index contributed by atoms with van der Waals surface area (Å²) < 4.78 is 1.95. The highest BCUT2D eigenvalue weighted by Gasteiger charge is 2.19. The number of nitrogens with one attached hydrogen (secondary N) is 1. The molecule has 0 radical (unpaired) electrons. The van der Waals surface area contributed by atoms with E-state index in [2.05, 4.69) is 10.4 Å². The Morgan fingerprint density at radius 3 is 2.64 bits per heavy atom. The lowest BCUT2D eigenvalue weighted by Crippen LogP contribution is -2.21. The van der Waals surface area contributed by atoms with Crippen LogP contribution in [0.5, 0.6) is 5.75 Å². The highest BCUT2D eigenvalue weighted by Crippen LogP contribution is 2.29. The van der Waals surface area contributed by atoms with Crippen molar-refractivity contribution in [3.63, 3.8) is 0 Å². The van der Waals surface area contributed by atoms with Crippen molar-refractivity contribution in [3.05, 3.63) is 42.1 Å².